The molecule has 0 saturated carbocycles. The van der Waals surface area contributed by atoms with Gasteiger partial charge in [-0.3, -0.25) is 9.20 Å². The third-order valence-electron chi connectivity index (χ3n) is 5.25. The maximum absolute atomic E-state index is 14.1. The first-order valence-corrected chi connectivity index (χ1v) is 9.56. The molecule has 2 aromatic carbocycles. The molecule has 0 aliphatic rings. The fraction of sp³-hybridized carbons (Fsp3) is 0.0833. The van der Waals surface area contributed by atoms with Crippen LogP contribution in [0.4, 0.5) is 10.2 Å². The molecule has 1 N–H and O–H groups in total. The van der Waals surface area contributed by atoms with Gasteiger partial charge in [0.15, 0.2) is 17.2 Å². The normalized spacial score (nSPS) is 11.3. The summed E-state index contributed by atoms with van der Waals surface area (Å²) in [6, 6.07) is 18.2. The lowest BCUT2D eigenvalue weighted by molar-refractivity contribution is 0.0997. The number of hydrogen-bond donors (Lipinski definition) is 1. The van der Waals surface area contributed by atoms with Crippen LogP contribution >= 0.6 is 0 Å². The van der Waals surface area contributed by atoms with Gasteiger partial charge < -0.3 is 9.73 Å². The zero-order valence-electron chi connectivity index (χ0n) is 16.4. The van der Waals surface area contributed by atoms with Crippen LogP contribution in [-0.2, 0) is 0 Å². The third-order valence-corrected chi connectivity index (χ3v) is 5.25. The number of nitrogens with zero attached hydrogens (tertiary/aromatic N) is 2. The van der Waals surface area contributed by atoms with E-state index in [0.717, 1.165) is 16.8 Å². The van der Waals surface area contributed by atoms with Gasteiger partial charge in [0.1, 0.15) is 17.2 Å². The maximum atomic E-state index is 14.1. The highest BCUT2D eigenvalue weighted by atomic mass is 19.1. The van der Waals surface area contributed by atoms with E-state index >= 15 is 0 Å². The number of furan rings is 1. The first-order chi connectivity index (χ1) is 14.5. The Morgan fingerprint density at radius 1 is 1.03 bits per heavy atom. The molecule has 6 heteroatoms. The van der Waals surface area contributed by atoms with Gasteiger partial charge in [-0.25, -0.2) is 9.37 Å². The molecular formula is C24H18FN3O2. The molecule has 148 valence electrons. The minimum absolute atomic E-state index is 0.0803. The average Bonchev–Trinajstić information content (AvgIpc) is 3.29. The molecule has 0 bridgehead atoms. The second kappa shape index (κ2) is 6.84. The van der Waals surface area contributed by atoms with Gasteiger partial charge >= 0.3 is 0 Å². The minimum Gasteiger partial charge on any atom is -0.448 e. The molecular weight excluding hydrogens is 381 g/mol. The molecule has 0 radical (unpaired) electrons. The lowest BCUT2D eigenvalue weighted by Gasteiger charge is -2.07. The Kier molecular flexibility index (Phi) is 4.13. The predicted octanol–water partition coefficient (Wildman–Crippen LogP) is 5.76. The van der Waals surface area contributed by atoms with Crippen molar-refractivity contribution in [3.8, 4) is 11.3 Å². The number of aryl methyl sites for hydroxylation is 2. The summed E-state index contributed by atoms with van der Waals surface area (Å²) >= 11 is 0. The van der Waals surface area contributed by atoms with Crippen molar-refractivity contribution in [3.63, 3.8) is 0 Å². The van der Waals surface area contributed by atoms with Gasteiger partial charge in [-0.1, -0.05) is 48.5 Å². The summed E-state index contributed by atoms with van der Waals surface area (Å²) < 4.78 is 21.6. The fourth-order valence-corrected chi connectivity index (χ4v) is 3.71. The summed E-state index contributed by atoms with van der Waals surface area (Å²) in [6.07, 6.45) is 1.85. The maximum Gasteiger partial charge on any atom is 0.292 e. The molecule has 5 aromatic rings. The average molecular weight is 399 g/mol. The highest BCUT2D eigenvalue weighted by Crippen LogP contribution is 2.32. The van der Waals surface area contributed by atoms with Gasteiger partial charge in [-0.05, 0) is 31.5 Å². The molecule has 3 aromatic heterocycles. The van der Waals surface area contributed by atoms with Crippen molar-refractivity contribution in [2.75, 3.05) is 5.32 Å². The SMILES string of the molecule is Cc1c(C(=O)Nc2c(-c3ccccc3)nc3c(C)cccn23)oc2c(F)cccc12. The van der Waals surface area contributed by atoms with Crippen LogP contribution in [0.5, 0.6) is 0 Å². The second-order valence-corrected chi connectivity index (χ2v) is 7.19. The minimum atomic E-state index is -0.495. The van der Waals surface area contributed by atoms with E-state index in [1.165, 1.54) is 6.07 Å². The Bertz CT molecular complexity index is 1420. The summed E-state index contributed by atoms with van der Waals surface area (Å²) in [4.78, 5) is 17.9. The van der Waals surface area contributed by atoms with Gasteiger partial charge in [0, 0.05) is 22.7 Å². The highest BCUT2D eigenvalue weighted by molar-refractivity contribution is 6.07. The largest absolute Gasteiger partial charge is 0.448 e. The van der Waals surface area contributed by atoms with Gasteiger partial charge in [0.25, 0.3) is 5.91 Å². The topological polar surface area (TPSA) is 59.5 Å². The number of aromatic nitrogens is 2. The van der Waals surface area contributed by atoms with Crippen LogP contribution in [0.1, 0.15) is 21.7 Å². The smallest absolute Gasteiger partial charge is 0.292 e. The van der Waals surface area contributed by atoms with E-state index in [4.69, 9.17) is 9.40 Å². The van der Waals surface area contributed by atoms with Gasteiger partial charge in [-0.2, -0.15) is 0 Å². The third kappa shape index (κ3) is 2.76. The molecule has 0 unspecified atom stereocenters. The van der Waals surface area contributed by atoms with E-state index in [0.29, 0.717) is 22.5 Å². The molecule has 5 rings (SSSR count). The van der Waals surface area contributed by atoms with Crippen LogP contribution in [0.25, 0.3) is 27.9 Å². The Morgan fingerprint density at radius 3 is 2.60 bits per heavy atom. The number of fused-ring (bicyclic) bond motifs is 2. The van der Waals surface area contributed by atoms with Crippen LogP contribution in [-0.4, -0.2) is 15.3 Å². The van der Waals surface area contributed by atoms with E-state index in [-0.39, 0.29) is 11.3 Å². The number of carbonyl (C=O) groups is 1. The number of nitrogens with one attached hydrogen (secondary N) is 1. The Labute approximate surface area is 171 Å². The number of hydrogen-bond acceptors (Lipinski definition) is 3. The zero-order chi connectivity index (χ0) is 20.8. The predicted molar refractivity (Wildman–Crippen MR) is 114 cm³/mol. The van der Waals surface area contributed by atoms with Crippen molar-refractivity contribution in [3.05, 3.63) is 89.6 Å². The summed E-state index contributed by atoms with van der Waals surface area (Å²) in [6.45, 7) is 3.71. The number of rotatable bonds is 3. The Balaban J connectivity index is 1.65. The summed E-state index contributed by atoms with van der Waals surface area (Å²) in [7, 11) is 0. The number of pyridine rings is 1. The number of benzene rings is 2. The number of amides is 1. The van der Waals surface area contributed by atoms with Crippen LogP contribution in [0.3, 0.4) is 0 Å². The van der Waals surface area contributed by atoms with Crippen LogP contribution in [0.15, 0.2) is 71.3 Å². The molecule has 1 amide bonds. The van der Waals surface area contributed by atoms with E-state index in [9.17, 15) is 9.18 Å². The summed E-state index contributed by atoms with van der Waals surface area (Å²) in [5.74, 6) is -0.337. The van der Waals surface area contributed by atoms with Crippen molar-refractivity contribution >= 4 is 28.3 Å². The van der Waals surface area contributed by atoms with Gasteiger partial charge in [0.2, 0.25) is 0 Å². The van der Waals surface area contributed by atoms with E-state index in [2.05, 4.69) is 5.32 Å². The van der Waals surface area contributed by atoms with Crippen molar-refractivity contribution < 1.29 is 13.6 Å². The molecule has 0 saturated heterocycles. The molecule has 0 atom stereocenters. The standard InChI is InChI=1S/C24H18FN3O2/c1-14-8-7-13-28-22(14)26-19(16-9-4-3-5-10-16)23(28)27-24(29)20-15(2)17-11-6-12-18(25)21(17)30-20/h3-13H,1-2H3,(H,27,29). The summed E-state index contributed by atoms with van der Waals surface area (Å²) in [5, 5.41) is 3.52. The van der Waals surface area contributed by atoms with Crippen LogP contribution in [0.2, 0.25) is 0 Å². The highest BCUT2D eigenvalue weighted by Gasteiger charge is 2.23. The van der Waals surface area contributed by atoms with E-state index < -0.39 is 11.7 Å². The fourth-order valence-electron chi connectivity index (χ4n) is 3.71. The second-order valence-electron chi connectivity index (χ2n) is 7.19. The Morgan fingerprint density at radius 2 is 1.83 bits per heavy atom. The van der Waals surface area contributed by atoms with Crippen molar-refractivity contribution in [2.24, 2.45) is 0 Å². The summed E-state index contributed by atoms with van der Waals surface area (Å²) in [5.41, 5.74) is 3.93. The first kappa shape index (κ1) is 18.1. The number of anilines is 1. The monoisotopic (exact) mass is 399 g/mol. The molecule has 0 aliphatic heterocycles. The van der Waals surface area contributed by atoms with Crippen molar-refractivity contribution in [2.45, 2.75) is 13.8 Å². The number of para-hydroxylation sites is 1. The van der Waals surface area contributed by atoms with E-state index in [1.807, 2.05) is 60.0 Å². The molecule has 5 nitrogen and oxygen atoms in total. The van der Waals surface area contributed by atoms with E-state index in [1.54, 1.807) is 19.1 Å². The molecule has 3 heterocycles. The van der Waals surface area contributed by atoms with Crippen LogP contribution in [0, 0.1) is 19.7 Å². The first-order valence-electron chi connectivity index (χ1n) is 9.56. The lowest BCUT2D eigenvalue weighted by atomic mass is 10.1. The molecule has 0 aliphatic carbocycles. The van der Waals surface area contributed by atoms with Crippen molar-refractivity contribution in [1.29, 1.82) is 0 Å². The molecule has 0 fully saturated rings. The molecule has 0 spiro atoms. The van der Waals surface area contributed by atoms with Gasteiger partial charge in [0.05, 0.1) is 0 Å². The van der Waals surface area contributed by atoms with Crippen molar-refractivity contribution in [1.82, 2.24) is 9.38 Å². The lowest BCUT2D eigenvalue weighted by Crippen LogP contribution is -2.14. The van der Waals surface area contributed by atoms with Gasteiger partial charge in [-0.15, -0.1) is 0 Å². The van der Waals surface area contributed by atoms with Crippen LogP contribution < -0.4 is 5.32 Å². The zero-order valence-corrected chi connectivity index (χ0v) is 16.4. The Hall–Kier alpha value is -3.93. The number of carbonyl (C=O) groups excluding carboxylic acids is 1. The number of halogens is 1. The molecule has 30 heavy (non-hydrogen) atoms. The number of imidazole rings is 1. The quantitative estimate of drug-likeness (QED) is 0.420.